The van der Waals surface area contributed by atoms with Crippen molar-refractivity contribution in [1.29, 1.82) is 0 Å². The number of fused-ring (bicyclic) bond motifs is 3. The van der Waals surface area contributed by atoms with Crippen LogP contribution in [-0.2, 0) is 5.41 Å². The zero-order valence-corrected chi connectivity index (χ0v) is 26.7. The van der Waals surface area contributed by atoms with Gasteiger partial charge in [0.05, 0.1) is 16.8 Å². The van der Waals surface area contributed by atoms with Crippen LogP contribution in [0.2, 0.25) is 0 Å². The Morgan fingerprint density at radius 2 is 0.959 bits per heavy atom. The first-order chi connectivity index (χ1) is 24.3. The fourth-order valence-corrected chi connectivity index (χ4v) is 7.52. The van der Waals surface area contributed by atoms with Crippen molar-refractivity contribution in [2.45, 2.75) is 5.41 Å². The average Bonchev–Trinajstić information content (AvgIpc) is 3.50. The number of aromatic nitrogens is 3. The first-order valence-corrected chi connectivity index (χ1v) is 16.6. The maximum Gasteiger partial charge on any atom is 0.160 e. The molecule has 0 atom stereocenters. The second-order valence-electron chi connectivity index (χ2n) is 12.4. The van der Waals surface area contributed by atoms with Gasteiger partial charge in [0.15, 0.2) is 5.82 Å². The summed E-state index contributed by atoms with van der Waals surface area (Å²) < 4.78 is 0. The van der Waals surface area contributed by atoms with Crippen LogP contribution in [0, 0.1) is 0 Å². The van der Waals surface area contributed by atoms with Crippen molar-refractivity contribution in [2.24, 2.45) is 0 Å². The van der Waals surface area contributed by atoms with Crippen LogP contribution in [0.3, 0.4) is 0 Å². The standard InChI is InChI=1S/C46H31N3/c1-4-14-34(15-5-1)45-48-42(33-27-25-32(26-28-33)35-16-13-29-47-31-35)30-43(49-45)39-22-12-24-41-44(39)38-21-10-11-23-40(38)46(41,36-17-6-2-7-18-36)37-19-8-3-9-20-37/h1-31H. The Balaban J connectivity index is 1.29. The lowest BCUT2D eigenvalue weighted by atomic mass is 9.67. The molecule has 1 aliphatic carbocycles. The maximum absolute atomic E-state index is 5.29. The van der Waals surface area contributed by atoms with Crippen LogP contribution in [-0.4, -0.2) is 15.0 Å². The van der Waals surface area contributed by atoms with Gasteiger partial charge >= 0.3 is 0 Å². The molecule has 2 heterocycles. The monoisotopic (exact) mass is 625 g/mol. The fraction of sp³-hybridized carbons (Fsp3) is 0.0217. The molecule has 0 amide bonds. The van der Waals surface area contributed by atoms with Crippen LogP contribution in [0.1, 0.15) is 22.3 Å². The summed E-state index contributed by atoms with van der Waals surface area (Å²) >= 11 is 0. The molecule has 1 aliphatic rings. The van der Waals surface area contributed by atoms with Gasteiger partial charge in [-0.05, 0) is 56.6 Å². The molecular formula is C46H31N3. The summed E-state index contributed by atoms with van der Waals surface area (Å²) in [4.78, 5) is 14.7. The van der Waals surface area contributed by atoms with Crippen LogP contribution in [0.25, 0.3) is 56.2 Å². The molecule has 0 spiro atoms. The van der Waals surface area contributed by atoms with E-state index in [9.17, 15) is 0 Å². The third kappa shape index (κ3) is 4.78. The van der Waals surface area contributed by atoms with Crippen molar-refractivity contribution in [3.05, 3.63) is 211 Å². The average molecular weight is 626 g/mol. The molecule has 0 saturated carbocycles. The molecule has 0 N–H and O–H groups in total. The molecule has 0 aliphatic heterocycles. The molecule has 3 heteroatoms. The SMILES string of the molecule is c1ccc(-c2nc(-c3ccc(-c4cccnc4)cc3)cc(-c3cccc4c3-c3ccccc3C4(c3ccccc3)c3ccccc3)n2)cc1. The molecule has 6 aromatic carbocycles. The van der Waals surface area contributed by atoms with Gasteiger partial charge in [0.1, 0.15) is 0 Å². The number of pyridine rings is 1. The van der Waals surface area contributed by atoms with Gasteiger partial charge in [-0.2, -0.15) is 0 Å². The minimum absolute atomic E-state index is 0.481. The van der Waals surface area contributed by atoms with E-state index in [0.29, 0.717) is 5.82 Å². The molecular weight excluding hydrogens is 595 g/mol. The van der Waals surface area contributed by atoms with Gasteiger partial charge in [0.25, 0.3) is 0 Å². The Bertz CT molecular complexity index is 2370. The summed E-state index contributed by atoms with van der Waals surface area (Å²) in [5.41, 5.74) is 14.0. The Labute approximate surface area is 286 Å². The smallest absolute Gasteiger partial charge is 0.160 e. The van der Waals surface area contributed by atoms with Gasteiger partial charge in [0, 0.05) is 29.1 Å². The Morgan fingerprint density at radius 1 is 0.388 bits per heavy atom. The summed E-state index contributed by atoms with van der Waals surface area (Å²) in [5, 5.41) is 0. The molecule has 9 rings (SSSR count). The first-order valence-electron chi connectivity index (χ1n) is 16.6. The van der Waals surface area contributed by atoms with Crippen molar-refractivity contribution >= 4 is 0 Å². The summed E-state index contributed by atoms with van der Waals surface area (Å²) in [5.74, 6) is 0.700. The second kappa shape index (κ2) is 12.0. The highest BCUT2D eigenvalue weighted by Gasteiger charge is 2.46. The van der Waals surface area contributed by atoms with Crippen LogP contribution in [0.4, 0.5) is 0 Å². The third-order valence-electron chi connectivity index (χ3n) is 9.69. The van der Waals surface area contributed by atoms with E-state index < -0.39 is 5.41 Å². The van der Waals surface area contributed by atoms with E-state index in [1.54, 1.807) is 6.20 Å². The van der Waals surface area contributed by atoms with Gasteiger partial charge in [-0.15, -0.1) is 0 Å². The minimum atomic E-state index is -0.481. The van der Waals surface area contributed by atoms with Crippen molar-refractivity contribution < 1.29 is 0 Å². The molecule has 0 saturated heterocycles. The van der Waals surface area contributed by atoms with Crippen LogP contribution in [0.15, 0.2) is 188 Å². The third-order valence-corrected chi connectivity index (χ3v) is 9.69. The van der Waals surface area contributed by atoms with E-state index in [4.69, 9.17) is 9.97 Å². The molecule has 230 valence electrons. The van der Waals surface area contributed by atoms with E-state index >= 15 is 0 Å². The Kier molecular flexibility index (Phi) is 7.02. The lowest BCUT2D eigenvalue weighted by molar-refractivity contribution is 0.768. The van der Waals surface area contributed by atoms with Crippen molar-refractivity contribution in [1.82, 2.24) is 15.0 Å². The lowest BCUT2D eigenvalue weighted by Gasteiger charge is -2.33. The summed E-state index contributed by atoms with van der Waals surface area (Å²) in [7, 11) is 0. The number of hydrogen-bond acceptors (Lipinski definition) is 3. The fourth-order valence-electron chi connectivity index (χ4n) is 7.52. The Hall–Kier alpha value is -6.45. The molecule has 0 bridgehead atoms. The quantitative estimate of drug-likeness (QED) is 0.185. The minimum Gasteiger partial charge on any atom is -0.264 e. The van der Waals surface area contributed by atoms with Crippen LogP contribution < -0.4 is 0 Å². The summed E-state index contributed by atoms with van der Waals surface area (Å²) in [6, 6.07) is 62.4. The molecule has 49 heavy (non-hydrogen) atoms. The number of hydrogen-bond donors (Lipinski definition) is 0. The van der Waals surface area contributed by atoms with E-state index in [-0.39, 0.29) is 0 Å². The van der Waals surface area contributed by atoms with Crippen molar-refractivity contribution in [3.8, 4) is 56.2 Å². The molecule has 0 radical (unpaired) electrons. The topological polar surface area (TPSA) is 38.7 Å². The number of nitrogens with zero attached hydrogens (tertiary/aromatic N) is 3. The van der Waals surface area contributed by atoms with E-state index in [0.717, 1.165) is 39.2 Å². The van der Waals surface area contributed by atoms with Crippen molar-refractivity contribution in [2.75, 3.05) is 0 Å². The van der Waals surface area contributed by atoms with Gasteiger partial charge in [-0.3, -0.25) is 4.98 Å². The molecule has 8 aromatic rings. The van der Waals surface area contributed by atoms with Gasteiger partial charge in [-0.1, -0.05) is 164 Å². The zero-order chi connectivity index (χ0) is 32.6. The highest BCUT2D eigenvalue weighted by atomic mass is 14.9. The highest BCUT2D eigenvalue weighted by molar-refractivity contribution is 5.95. The zero-order valence-electron chi connectivity index (χ0n) is 26.7. The first kappa shape index (κ1) is 28.7. The molecule has 3 nitrogen and oxygen atoms in total. The second-order valence-corrected chi connectivity index (χ2v) is 12.4. The summed E-state index contributed by atoms with van der Waals surface area (Å²) in [6.07, 6.45) is 3.69. The van der Waals surface area contributed by atoms with Gasteiger partial charge < -0.3 is 0 Å². The summed E-state index contributed by atoms with van der Waals surface area (Å²) in [6.45, 7) is 0. The highest BCUT2D eigenvalue weighted by Crippen LogP contribution is 2.58. The van der Waals surface area contributed by atoms with Gasteiger partial charge in [0.2, 0.25) is 0 Å². The molecule has 0 unspecified atom stereocenters. The maximum atomic E-state index is 5.29. The normalized spacial score (nSPS) is 12.7. The Morgan fingerprint density at radius 3 is 1.65 bits per heavy atom. The van der Waals surface area contributed by atoms with E-state index in [2.05, 4.69) is 157 Å². The van der Waals surface area contributed by atoms with Crippen LogP contribution in [0.5, 0.6) is 0 Å². The number of benzene rings is 6. The lowest BCUT2D eigenvalue weighted by Crippen LogP contribution is -2.28. The van der Waals surface area contributed by atoms with Crippen LogP contribution >= 0.6 is 0 Å². The molecule has 2 aromatic heterocycles. The predicted molar refractivity (Wildman–Crippen MR) is 199 cm³/mol. The van der Waals surface area contributed by atoms with E-state index in [1.807, 2.05) is 30.5 Å². The van der Waals surface area contributed by atoms with Crippen molar-refractivity contribution in [3.63, 3.8) is 0 Å². The number of rotatable bonds is 6. The largest absolute Gasteiger partial charge is 0.264 e. The van der Waals surface area contributed by atoms with E-state index in [1.165, 1.54) is 33.4 Å². The molecule has 0 fully saturated rings. The predicted octanol–water partition coefficient (Wildman–Crippen LogP) is 10.9. The van der Waals surface area contributed by atoms with Gasteiger partial charge in [-0.25, -0.2) is 9.97 Å².